The van der Waals surface area contributed by atoms with Crippen LogP contribution in [0, 0.1) is 23.4 Å². The molecule has 2 aliphatic heterocycles. The van der Waals surface area contributed by atoms with Gasteiger partial charge in [-0.15, -0.1) is 0 Å². The minimum absolute atomic E-state index is 0.117. The Morgan fingerprint density at radius 3 is 2.50 bits per heavy atom. The van der Waals surface area contributed by atoms with E-state index in [1.807, 2.05) is 12.3 Å². The molecule has 5 rings (SSSR count). The molecule has 202 valence electrons. The number of anilines is 1. The molecule has 0 amide bonds. The van der Waals surface area contributed by atoms with E-state index in [-0.39, 0.29) is 11.7 Å². The Morgan fingerprint density at radius 1 is 1.00 bits per heavy atom. The maximum atomic E-state index is 15.1. The number of pyridine rings is 2. The quantitative estimate of drug-likeness (QED) is 0.495. The molecule has 9 heteroatoms. The number of hydrogen-bond donors (Lipinski definition) is 1. The van der Waals surface area contributed by atoms with Gasteiger partial charge in [-0.1, -0.05) is 6.92 Å². The standard InChI is InChI=1S/C29H34F3N5O/c1-19-12-22(33)18-37(16-19)27-6-7-34-15-21(27)2-3-23-4-5-24(30)29(35-23)28-25(31)13-20(14-26(28)32)17-36-8-10-38-11-9-36/h4-7,13-15,19,22H,2-3,8-12,16-18,33H2,1H3/t19-,22+/m1/s1. The van der Waals surface area contributed by atoms with E-state index in [1.165, 1.54) is 18.2 Å². The van der Waals surface area contributed by atoms with Gasteiger partial charge in [0.15, 0.2) is 0 Å². The topological polar surface area (TPSA) is 67.5 Å². The van der Waals surface area contributed by atoms with Crippen LogP contribution in [0.4, 0.5) is 18.9 Å². The molecule has 0 saturated carbocycles. The molecule has 2 atom stereocenters. The highest BCUT2D eigenvalue weighted by Gasteiger charge is 2.24. The highest BCUT2D eigenvalue weighted by Crippen LogP contribution is 2.30. The second-order valence-electron chi connectivity index (χ2n) is 10.5. The van der Waals surface area contributed by atoms with E-state index in [4.69, 9.17) is 10.5 Å². The molecule has 0 aliphatic carbocycles. The lowest BCUT2D eigenvalue weighted by atomic mass is 9.95. The zero-order chi connectivity index (χ0) is 26.6. The number of hydrogen-bond acceptors (Lipinski definition) is 6. The van der Waals surface area contributed by atoms with E-state index >= 15 is 8.78 Å². The van der Waals surface area contributed by atoms with E-state index in [2.05, 4.69) is 26.7 Å². The first-order chi connectivity index (χ1) is 18.4. The van der Waals surface area contributed by atoms with Gasteiger partial charge in [0.05, 0.1) is 18.8 Å². The molecule has 0 spiro atoms. The molecule has 2 saturated heterocycles. The number of morpholine rings is 1. The summed E-state index contributed by atoms with van der Waals surface area (Å²) >= 11 is 0. The van der Waals surface area contributed by atoms with Crippen molar-refractivity contribution >= 4 is 5.69 Å². The fourth-order valence-corrected chi connectivity index (χ4v) is 5.54. The van der Waals surface area contributed by atoms with E-state index in [0.29, 0.717) is 62.9 Å². The molecule has 1 aromatic carbocycles. The number of rotatable bonds is 7. The van der Waals surface area contributed by atoms with Crippen LogP contribution < -0.4 is 10.6 Å². The van der Waals surface area contributed by atoms with E-state index in [1.54, 1.807) is 12.3 Å². The SMILES string of the molecule is C[C@@H]1C[C@H](N)CN(c2ccncc2CCc2ccc(F)c(-c3c(F)cc(CN4CCOCC4)cc3F)n2)C1. The molecule has 2 N–H and O–H groups in total. The smallest absolute Gasteiger partial charge is 0.149 e. The fraction of sp³-hybridized carbons (Fsp3) is 0.448. The minimum Gasteiger partial charge on any atom is -0.379 e. The molecule has 0 radical (unpaired) electrons. The average Bonchev–Trinajstić information content (AvgIpc) is 2.89. The van der Waals surface area contributed by atoms with Crippen molar-refractivity contribution in [1.82, 2.24) is 14.9 Å². The number of nitrogens with two attached hydrogens (primary N) is 1. The molecule has 2 aliphatic rings. The molecule has 2 aromatic heterocycles. The van der Waals surface area contributed by atoms with Gasteiger partial charge in [-0.25, -0.2) is 18.2 Å². The van der Waals surface area contributed by atoms with Crippen molar-refractivity contribution in [2.75, 3.05) is 44.3 Å². The van der Waals surface area contributed by atoms with Crippen LogP contribution in [0.5, 0.6) is 0 Å². The molecular weight excluding hydrogens is 491 g/mol. The number of aromatic nitrogens is 2. The zero-order valence-corrected chi connectivity index (χ0v) is 21.7. The number of piperidine rings is 1. The maximum Gasteiger partial charge on any atom is 0.149 e. The van der Waals surface area contributed by atoms with Crippen LogP contribution in [0.3, 0.4) is 0 Å². The fourth-order valence-electron chi connectivity index (χ4n) is 5.54. The van der Waals surface area contributed by atoms with Gasteiger partial charge in [-0.05, 0) is 66.6 Å². The van der Waals surface area contributed by atoms with Crippen LogP contribution >= 0.6 is 0 Å². The predicted molar refractivity (Wildman–Crippen MR) is 141 cm³/mol. The molecule has 4 heterocycles. The normalized spacial score (nSPS) is 20.6. The number of benzene rings is 1. The Morgan fingerprint density at radius 2 is 1.76 bits per heavy atom. The van der Waals surface area contributed by atoms with E-state index < -0.39 is 23.0 Å². The molecule has 2 fully saturated rings. The number of aryl methyl sites for hydroxylation is 2. The van der Waals surface area contributed by atoms with E-state index in [0.717, 1.165) is 30.8 Å². The van der Waals surface area contributed by atoms with Crippen molar-refractivity contribution in [1.29, 1.82) is 0 Å². The van der Waals surface area contributed by atoms with Gasteiger partial charge in [0.2, 0.25) is 0 Å². The predicted octanol–water partition coefficient (Wildman–Crippen LogP) is 4.35. The summed E-state index contributed by atoms with van der Waals surface area (Å²) < 4.78 is 50.4. The average molecular weight is 526 g/mol. The van der Waals surface area contributed by atoms with Gasteiger partial charge < -0.3 is 15.4 Å². The second kappa shape index (κ2) is 11.8. The Hall–Kier alpha value is -3.01. The van der Waals surface area contributed by atoms with Gasteiger partial charge in [-0.2, -0.15) is 0 Å². The summed E-state index contributed by atoms with van der Waals surface area (Å²) in [6, 6.07) is 7.45. The summed E-state index contributed by atoms with van der Waals surface area (Å²) in [4.78, 5) is 13.0. The molecule has 0 bridgehead atoms. The molecule has 6 nitrogen and oxygen atoms in total. The van der Waals surface area contributed by atoms with Crippen LogP contribution in [0.1, 0.15) is 30.2 Å². The number of halogens is 3. The summed E-state index contributed by atoms with van der Waals surface area (Å²) in [5, 5.41) is 0. The Balaban J connectivity index is 1.34. The van der Waals surface area contributed by atoms with Crippen molar-refractivity contribution in [3.8, 4) is 11.3 Å². The number of nitrogens with zero attached hydrogens (tertiary/aromatic N) is 4. The third-order valence-corrected chi connectivity index (χ3v) is 7.31. The Labute approximate surface area is 221 Å². The summed E-state index contributed by atoms with van der Waals surface area (Å²) in [7, 11) is 0. The minimum atomic E-state index is -0.818. The highest BCUT2D eigenvalue weighted by molar-refractivity contribution is 5.62. The van der Waals surface area contributed by atoms with Gasteiger partial charge >= 0.3 is 0 Å². The van der Waals surface area contributed by atoms with Gasteiger partial charge in [-0.3, -0.25) is 9.88 Å². The van der Waals surface area contributed by atoms with Gasteiger partial charge in [0.25, 0.3) is 0 Å². The third kappa shape index (κ3) is 6.17. The van der Waals surface area contributed by atoms with Gasteiger partial charge in [0, 0.05) is 62.5 Å². The van der Waals surface area contributed by atoms with Crippen molar-refractivity contribution in [2.45, 2.75) is 38.8 Å². The Kier molecular flexibility index (Phi) is 8.26. The van der Waals surface area contributed by atoms with Gasteiger partial charge in [0.1, 0.15) is 23.1 Å². The van der Waals surface area contributed by atoms with Crippen LogP contribution in [0.2, 0.25) is 0 Å². The van der Waals surface area contributed by atoms with Crippen LogP contribution in [-0.2, 0) is 24.1 Å². The molecule has 0 unspecified atom stereocenters. The summed E-state index contributed by atoms with van der Waals surface area (Å²) in [5.74, 6) is -1.90. The van der Waals surface area contributed by atoms with Crippen LogP contribution in [0.25, 0.3) is 11.3 Å². The third-order valence-electron chi connectivity index (χ3n) is 7.31. The lowest BCUT2D eigenvalue weighted by molar-refractivity contribution is 0.0341. The maximum absolute atomic E-state index is 15.1. The van der Waals surface area contributed by atoms with Crippen molar-refractivity contribution in [2.24, 2.45) is 11.7 Å². The first kappa shape index (κ1) is 26.6. The molecule has 3 aromatic rings. The molecule has 38 heavy (non-hydrogen) atoms. The highest BCUT2D eigenvalue weighted by atomic mass is 19.1. The lowest BCUT2D eigenvalue weighted by Gasteiger charge is -2.37. The van der Waals surface area contributed by atoms with Crippen molar-refractivity contribution in [3.63, 3.8) is 0 Å². The first-order valence-corrected chi connectivity index (χ1v) is 13.2. The first-order valence-electron chi connectivity index (χ1n) is 13.2. The van der Waals surface area contributed by atoms with E-state index in [9.17, 15) is 4.39 Å². The monoisotopic (exact) mass is 525 g/mol. The summed E-state index contributed by atoms with van der Waals surface area (Å²) in [6.07, 6.45) is 5.67. The van der Waals surface area contributed by atoms with Crippen molar-refractivity contribution in [3.05, 3.63) is 77.0 Å². The Bertz CT molecular complexity index is 1230. The lowest BCUT2D eigenvalue weighted by Crippen LogP contribution is -2.46. The molecular formula is C29H34F3N5O. The largest absolute Gasteiger partial charge is 0.379 e. The summed E-state index contributed by atoms with van der Waals surface area (Å²) in [5.41, 5.74) is 8.68. The van der Waals surface area contributed by atoms with Crippen molar-refractivity contribution < 1.29 is 17.9 Å². The zero-order valence-electron chi connectivity index (χ0n) is 21.7. The second-order valence-corrected chi connectivity index (χ2v) is 10.5. The van der Waals surface area contributed by atoms with Crippen LogP contribution in [-0.4, -0.2) is 60.3 Å². The van der Waals surface area contributed by atoms with Crippen LogP contribution in [0.15, 0.2) is 42.7 Å². The number of ether oxygens (including phenoxy) is 1. The summed E-state index contributed by atoms with van der Waals surface area (Å²) in [6.45, 7) is 6.89.